The van der Waals surface area contributed by atoms with Crippen molar-refractivity contribution in [3.8, 4) is 0 Å². The van der Waals surface area contributed by atoms with Crippen LogP contribution in [0.2, 0.25) is 5.02 Å². The Labute approximate surface area is 155 Å². The Kier molecular flexibility index (Phi) is 4.79. The molecule has 2 heterocycles. The molecule has 4 heteroatoms. The fraction of sp³-hybridized carbons (Fsp3) is 0.381. The normalized spacial score (nSPS) is 15.9. The summed E-state index contributed by atoms with van der Waals surface area (Å²) in [6.07, 6.45) is 4.20. The molecule has 1 aromatic heterocycles. The fourth-order valence-electron chi connectivity index (χ4n) is 3.61. The van der Waals surface area contributed by atoms with Crippen molar-refractivity contribution in [2.45, 2.75) is 33.1 Å². The minimum atomic E-state index is -0.0974. The van der Waals surface area contributed by atoms with Crippen LogP contribution < -0.4 is 4.90 Å². The second kappa shape index (κ2) is 6.72. The molecule has 1 aromatic carbocycles. The van der Waals surface area contributed by atoms with Crippen molar-refractivity contribution in [1.82, 2.24) is 0 Å². The molecule has 0 amide bonds. The Morgan fingerprint density at radius 3 is 2.52 bits per heavy atom. The maximum atomic E-state index is 6.21. The van der Waals surface area contributed by atoms with Gasteiger partial charge in [0, 0.05) is 41.9 Å². The van der Waals surface area contributed by atoms with Crippen LogP contribution in [0.3, 0.4) is 0 Å². The molecule has 0 spiro atoms. The third-order valence-electron chi connectivity index (χ3n) is 5.09. The summed E-state index contributed by atoms with van der Waals surface area (Å²) in [5.41, 5.74) is 3.59. The van der Waals surface area contributed by atoms with Gasteiger partial charge in [0.05, 0.1) is 5.41 Å². The molecule has 0 saturated carbocycles. The fourth-order valence-corrected chi connectivity index (χ4v) is 3.78. The van der Waals surface area contributed by atoms with Gasteiger partial charge in [-0.15, -0.1) is 0 Å². The summed E-state index contributed by atoms with van der Waals surface area (Å²) < 4.78 is 8.21. The number of anilines is 1. The van der Waals surface area contributed by atoms with Crippen LogP contribution in [0, 0.1) is 0 Å². The van der Waals surface area contributed by atoms with Crippen LogP contribution in [-0.2, 0) is 5.41 Å². The van der Waals surface area contributed by atoms with Gasteiger partial charge in [-0.3, -0.25) is 0 Å². The van der Waals surface area contributed by atoms with E-state index < -0.39 is 0 Å². The summed E-state index contributed by atoms with van der Waals surface area (Å²) >= 11 is 6.21. The van der Waals surface area contributed by atoms with E-state index in [-0.39, 0.29) is 5.41 Å². The van der Waals surface area contributed by atoms with E-state index in [4.69, 9.17) is 16.0 Å². The van der Waals surface area contributed by atoms with E-state index in [1.165, 1.54) is 17.0 Å². The standard InChI is InChI=1S/C21H26ClN2O/c1-6-24(7-2)20-13-10-16(25-20)9-12-19-21(3,4)17-14-15(22)8-11-18(17)23(19)5/h8-14H,6-7H2,1-5H3/q+1. The van der Waals surface area contributed by atoms with E-state index in [0.29, 0.717) is 0 Å². The zero-order valence-corrected chi connectivity index (χ0v) is 16.4. The highest BCUT2D eigenvalue weighted by Gasteiger charge is 2.42. The number of rotatable bonds is 5. The number of hydrogen-bond donors (Lipinski definition) is 0. The number of halogens is 1. The van der Waals surface area contributed by atoms with Crippen LogP contribution in [0.15, 0.2) is 40.8 Å². The molecule has 1 aliphatic rings. The molecule has 1 aliphatic heterocycles. The van der Waals surface area contributed by atoms with E-state index in [2.05, 4.69) is 62.4 Å². The predicted octanol–water partition coefficient (Wildman–Crippen LogP) is 5.50. The van der Waals surface area contributed by atoms with E-state index in [1.54, 1.807) is 0 Å². The molecule has 0 fully saturated rings. The van der Waals surface area contributed by atoms with Crippen molar-refractivity contribution in [1.29, 1.82) is 0 Å². The third-order valence-corrected chi connectivity index (χ3v) is 5.32. The van der Waals surface area contributed by atoms with Crippen LogP contribution >= 0.6 is 11.6 Å². The Bertz CT molecular complexity index is 841. The summed E-state index contributed by atoms with van der Waals surface area (Å²) in [6.45, 7) is 10.6. The molecule has 0 N–H and O–H groups in total. The molecule has 3 nitrogen and oxygen atoms in total. The molecule has 2 aromatic rings. The number of nitrogens with zero attached hydrogens (tertiary/aromatic N) is 2. The van der Waals surface area contributed by atoms with Crippen molar-refractivity contribution < 1.29 is 8.99 Å². The predicted molar refractivity (Wildman–Crippen MR) is 107 cm³/mol. The summed E-state index contributed by atoms with van der Waals surface area (Å²) in [6, 6.07) is 10.2. The van der Waals surface area contributed by atoms with Crippen molar-refractivity contribution in [3.63, 3.8) is 0 Å². The van der Waals surface area contributed by atoms with Gasteiger partial charge in [-0.05, 0) is 52.0 Å². The topological polar surface area (TPSA) is 19.4 Å². The molecule has 132 valence electrons. The first-order valence-corrected chi connectivity index (χ1v) is 9.20. The molecular weight excluding hydrogens is 332 g/mol. The number of furan rings is 1. The monoisotopic (exact) mass is 357 g/mol. The van der Waals surface area contributed by atoms with Gasteiger partial charge in [0.2, 0.25) is 5.69 Å². The molecule has 25 heavy (non-hydrogen) atoms. The van der Waals surface area contributed by atoms with Crippen LogP contribution in [0.4, 0.5) is 11.6 Å². The highest BCUT2D eigenvalue weighted by atomic mass is 35.5. The molecule has 0 atom stereocenters. The Morgan fingerprint density at radius 2 is 1.84 bits per heavy atom. The van der Waals surface area contributed by atoms with Gasteiger partial charge in [0.15, 0.2) is 11.6 Å². The number of hydrogen-bond acceptors (Lipinski definition) is 2. The average molecular weight is 358 g/mol. The second-order valence-corrected chi connectivity index (χ2v) is 7.35. The van der Waals surface area contributed by atoms with E-state index in [9.17, 15) is 0 Å². The van der Waals surface area contributed by atoms with Gasteiger partial charge in [-0.1, -0.05) is 11.6 Å². The first-order chi connectivity index (χ1) is 11.9. The Balaban J connectivity index is 1.91. The minimum Gasteiger partial charge on any atom is -0.441 e. The first-order valence-electron chi connectivity index (χ1n) is 8.82. The number of allylic oxidation sites excluding steroid dienone is 1. The zero-order chi connectivity index (χ0) is 18.2. The highest BCUT2D eigenvalue weighted by Crippen LogP contribution is 2.40. The molecule has 3 rings (SSSR count). The first kappa shape index (κ1) is 17.8. The molecular formula is C21H26ClN2O+. The van der Waals surface area contributed by atoms with E-state index >= 15 is 0 Å². The molecule has 0 unspecified atom stereocenters. The molecule has 0 aliphatic carbocycles. The molecule has 0 radical (unpaired) electrons. The van der Waals surface area contributed by atoms with Gasteiger partial charge in [0.25, 0.3) is 0 Å². The van der Waals surface area contributed by atoms with Crippen molar-refractivity contribution in [2.24, 2.45) is 0 Å². The largest absolute Gasteiger partial charge is 0.441 e. The van der Waals surface area contributed by atoms with E-state index in [0.717, 1.165) is 29.8 Å². The highest BCUT2D eigenvalue weighted by molar-refractivity contribution is 6.30. The number of fused-ring (bicyclic) bond motifs is 1. The third kappa shape index (κ3) is 3.13. The zero-order valence-electron chi connectivity index (χ0n) is 15.6. The summed E-state index contributed by atoms with van der Waals surface area (Å²) in [7, 11) is 2.10. The Hall–Kier alpha value is -2.00. The molecule has 0 bridgehead atoms. The van der Waals surface area contributed by atoms with E-state index in [1.807, 2.05) is 24.3 Å². The van der Waals surface area contributed by atoms with Crippen molar-refractivity contribution in [2.75, 3.05) is 25.0 Å². The summed E-state index contributed by atoms with van der Waals surface area (Å²) in [5, 5.41) is 0.778. The van der Waals surface area contributed by atoms with Gasteiger partial charge >= 0.3 is 0 Å². The van der Waals surface area contributed by atoms with Gasteiger partial charge in [-0.2, -0.15) is 4.58 Å². The van der Waals surface area contributed by atoms with Gasteiger partial charge < -0.3 is 9.32 Å². The van der Waals surface area contributed by atoms with Crippen molar-refractivity contribution >= 4 is 35.0 Å². The minimum absolute atomic E-state index is 0.0974. The van der Waals surface area contributed by atoms with Crippen LogP contribution in [0.1, 0.15) is 39.0 Å². The lowest BCUT2D eigenvalue weighted by Crippen LogP contribution is -2.26. The lowest BCUT2D eigenvalue weighted by molar-refractivity contribution is -0.401. The maximum absolute atomic E-state index is 6.21. The van der Waals surface area contributed by atoms with Crippen LogP contribution in [0.5, 0.6) is 0 Å². The average Bonchev–Trinajstić information content (AvgIpc) is 3.10. The summed E-state index contributed by atoms with van der Waals surface area (Å²) in [4.78, 5) is 2.20. The quantitative estimate of drug-likeness (QED) is 0.658. The number of benzene rings is 1. The van der Waals surface area contributed by atoms with Crippen LogP contribution in [0.25, 0.3) is 6.08 Å². The summed E-state index contributed by atoms with van der Waals surface area (Å²) in [5.74, 6) is 1.79. The Morgan fingerprint density at radius 1 is 1.12 bits per heavy atom. The SMILES string of the molecule is CCN(CC)c1ccc(C=CC2=[N+](C)c3ccc(Cl)cc3C2(C)C)o1. The lowest BCUT2D eigenvalue weighted by atomic mass is 9.81. The van der Waals surface area contributed by atoms with Crippen LogP contribution in [-0.4, -0.2) is 30.4 Å². The molecule has 0 saturated heterocycles. The lowest BCUT2D eigenvalue weighted by Gasteiger charge is -2.16. The maximum Gasteiger partial charge on any atom is 0.209 e. The van der Waals surface area contributed by atoms with Crippen molar-refractivity contribution in [3.05, 3.63) is 52.8 Å². The van der Waals surface area contributed by atoms with Gasteiger partial charge in [-0.25, -0.2) is 0 Å². The second-order valence-electron chi connectivity index (χ2n) is 6.91. The smallest absolute Gasteiger partial charge is 0.209 e. The van der Waals surface area contributed by atoms with Gasteiger partial charge in [0.1, 0.15) is 12.8 Å².